The quantitative estimate of drug-likeness (QED) is 0.481. The van der Waals surface area contributed by atoms with Crippen LogP contribution in [0.1, 0.15) is 82.9 Å². The zero-order valence-corrected chi connectivity index (χ0v) is 21.1. The molecule has 1 aromatic heterocycles. The Bertz CT molecular complexity index is 982. The summed E-state index contributed by atoms with van der Waals surface area (Å²) >= 11 is 0. The summed E-state index contributed by atoms with van der Waals surface area (Å²) in [4.78, 5) is 34.2. The van der Waals surface area contributed by atoms with Gasteiger partial charge in [0.05, 0.1) is 6.04 Å². The first kappa shape index (κ1) is 25.0. The molecule has 1 aliphatic carbocycles. The van der Waals surface area contributed by atoms with Crippen molar-refractivity contribution < 1.29 is 19.1 Å². The number of rotatable bonds is 5. The van der Waals surface area contributed by atoms with Crippen LogP contribution in [0, 0.1) is 0 Å². The smallest absolute Gasteiger partial charge is 0.416 e. The van der Waals surface area contributed by atoms with Crippen LogP contribution in [-0.2, 0) is 16.1 Å². The third kappa shape index (κ3) is 6.53. The SMILES string of the molecule is CC(C)(C)OC(=O)N(c1ccc(C2CCCCN2C(=O)OCc2ccccc2)cn1)C1CCCC1. The van der Waals surface area contributed by atoms with E-state index in [0.717, 1.165) is 56.1 Å². The third-order valence-corrected chi connectivity index (χ3v) is 6.62. The molecule has 0 radical (unpaired) electrons. The highest BCUT2D eigenvalue weighted by molar-refractivity contribution is 5.87. The number of piperidine rings is 1. The normalized spacial score (nSPS) is 18.8. The Labute approximate surface area is 208 Å². The lowest BCUT2D eigenvalue weighted by Gasteiger charge is -2.35. The topological polar surface area (TPSA) is 72.0 Å². The minimum Gasteiger partial charge on any atom is -0.445 e. The number of pyridine rings is 1. The molecule has 4 rings (SSSR count). The van der Waals surface area contributed by atoms with E-state index in [0.29, 0.717) is 12.4 Å². The number of hydrogen-bond acceptors (Lipinski definition) is 5. The van der Waals surface area contributed by atoms with Crippen LogP contribution >= 0.6 is 0 Å². The van der Waals surface area contributed by atoms with E-state index in [9.17, 15) is 9.59 Å². The second kappa shape index (κ2) is 11.1. The molecule has 1 aliphatic heterocycles. The summed E-state index contributed by atoms with van der Waals surface area (Å²) in [6.07, 6.45) is 8.11. The molecule has 35 heavy (non-hydrogen) atoms. The Hall–Kier alpha value is -3.09. The van der Waals surface area contributed by atoms with Crippen molar-refractivity contribution in [3.63, 3.8) is 0 Å². The van der Waals surface area contributed by atoms with E-state index in [1.54, 1.807) is 11.1 Å². The predicted molar refractivity (Wildman–Crippen MR) is 135 cm³/mol. The van der Waals surface area contributed by atoms with Crippen LogP contribution < -0.4 is 4.90 Å². The number of amides is 2. The number of benzene rings is 1. The number of hydrogen-bond donors (Lipinski definition) is 0. The van der Waals surface area contributed by atoms with Crippen LogP contribution in [0.3, 0.4) is 0 Å². The van der Waals surface area contributed by atoms with Gasteiger partial charge in [0.25, 0.3) is 0 Å². The van der Waals surface area contributed by atoms with Gasteiger partial charge in [0, 0.05) is 18.8 Å². The Morgan fingerprint density at radius 1 is 1.00 bits per heavy atom. The minimum atomic E-state index is -0.573. The molecule has 0 spiro atoms. The van der Waals surface area contributed by atoms with Crippen LogP contribution in [0.5, 0.6) is 0 Å². The first-order valence-corrected chi connectivity index (χ1v) is 12.8. The van der Waals surface area contributed by atoms with Crippen LogP contribution in [0.15, 0.2) is 48.7 Å². The number of nitrogens with zero attached hydrogens (tertiary/aromatic N) is 3. The van der Waals surface area contributed by atoms with E-state index in [2.05, 4.69) is 4.98 Å². The fourth-order valence-corrected chi connectivity index (χ4v) is 4.94. The third-order valence-electron chi connectivity index (χ3n) is 6.62. The maximum Gasteiger partial charge on any atom is 0.416 e. The lowest BCUT2D eigenvalue weighted by molar-refractivity contribution is 0.0564. The number of carbonyl (C=O) groups is 2. The molecule has 2 heterocycles. The molecule has 2 aliphatic rings. The van der Waals surface area contributed by atoms with Crippen molar-refractivity contribution in [2.45, 2.75) is 90.0 Å². The van der Waals surface area contributed by atoms with Crippen LogP contribution in [0.25, 0.3) is 0 Å². The van der Waals surface area contributed by atoms with Crippen molar-refractivity contribution in [2.75, 3.05) is 11.4 Å². The van der Waals surface area contributed by atoms with Gasteiger partial charge in [-0.2, -0.15) is 0 Å². The van der Waals surface area contributed by atoms with Gasteiger partial charge in [-0.25, -0.2) is 14.6 Å². The molecular weight excluding hydrogens is 442 g/mol. The zero-order chi connectivity index (χ0) is 24.8. The second-order valence-corrected chi connectivity index (χ2v) is 10.5. The van der Waals surface area contributed by atoms with Crippen molar-refractivity contribution in [2.24, 2.45) is 0 Å². The van der Waals surface area contributed by atoms with E-state index in [1.165, 1.54) is 0 Å². The van der Waals surface area contributed by atoms with Crippen LogP contribution in [-0.4, -0.2) is 40.3 Å². The summed E-state index contributed by atoms with van der Waals surface area (Å²) in [5.74, 6) is 0.601. The maximum atomic E-state index is 13.1. The molecular formula is C28H37N3O4. The Balaban J connectivity index is 1.48. The number of anilines is 1. The first-order valence-electron chi connectivity index (χ1n) is 12.8. The van der Waals surface area contributed by atoms with Crippen molar-refractivity contribution in [1.82, 2.24) is 9.88 Å². The van der Waals surface area contributed by atoms with E-state index in [-0.39, 0.29) is 30.9 Å². The number of ether oxygens (including phenoxy) is 2. The van der Waals surface area contributed by atoms with Crippen molar-refractivity contribution in [3.8, 4) is 0 Å². The van der Waals surface area contributed by atoms with Crippen molar-refractivity contribution in [3.05, 3.63) is 59.8 Å². The molecule has 1 atom stereocenters. The van der Waals surface area contributed by atoms with Crippen LogP contribution in [0.4, 0.5) is 15.4 Å². The molecule has 0 bridgehead atoms. The van der Waals surface area contributed by atoms with E-state index in [1.807, 2.05) is 68.1 Å². The summed E-state index contributed by atoms with van der Waals surface area (Å²) in [5, 5.41) is 0. The maximum absolute atomic E-state index is 13.1. The van der Waals surface area contributed by atoms with Gasteiger partial charge in [-0.05, 0) is 70.1 Å². The average molecular weight is 480 g/mol. The Morgan fingerprint density at radius 2 is 1.71 bits per heavy atom. The minimum absolute atomic E-state index is 0.0879. The number of aromatic nitrogens is 1. The van der Waals surface area contributed by atoms with Crippen molar-refractivity contribution in [1.29, 1.82) is 0 Å². The fraction of sp³-hybridized carbons (Fsp3) is 0.536. The Morgan fingerprint density at radius 3 is 2.37 bits per heavy atom. The zero-order valence-electron chi connectivity index (χ0n) is 21.1. The van der Waals surface area contributed by atoms with Gasteiger partial charge in [0.1, 0.15) is 18.0 Å². The number of carbonyl (C=O) groups excluding carboxylic acids is 2. The molecule has 7 nitrogen and oxygen atoms in total. The molecule has 188 valence electrons. The van der Waals surface area contributed by atoms with Crippen molar-refractivity contribution >= 4 is 18.0 Å². The molecule has 1 saturated carbocycles. The summed E-state index contributed by atoms with van der Waals surface area (Å²) in [6, 6.07) is 13.6. The van der Waals surface area contributed by atoms with E-state index < -0.39 is 5.60 Å². The lowest BCUT2D eigenvalue weighted by Crippen LogP contribution is -2.43. The second-order valence-electron chi connectivity index (χ2n) is 10.5. The standard InChI is InChI=1S/C28H37N3O4/c1-28(2,3)35-27(33)31(23-13-7-8-14-23)25-17-16-22(19-29-25)24-15-9-10-18-30(24)26(32)34-20-21-11-5-4-6-12-21/h4-6,11-12,16-17,19,23-24H,7-10,13-15,18,20H2,1-3H3. The summed E-state index contributed by atoms with van der Waals surface area (Å²) in [7, 11) is 0. The van der Waals surface area contributed by atoms with Gasteiger partial charge in [0.2, 0.25) is 0 Å². The van der Waals surface area contributed by atoms with E-state index >= 15 is 0 Å². The average Bonchev–Trinajstić information content (AvgIpc) is 3.37. The molecule has 1 unspecified atom stereocenters. The van der Waals surface area contributed by atoms with Gasteiger partial charge in [-0.1, -0.05) is 49.2 Å². The highest BCUT2D eigenvalue weighted by atomic mass is 16.6. The largest absolute Gasteiger partial charge is 0.445 e. The highest BCUT2D eigenvalue weighted by Gasteiger charge is 2.33. The van der Waals surface area contributed by atoms with Gasteiger partial charge in [0.15, 0.2) is 0 Å². The van der Waals surface area contributed by atoms with Gasteiger partial charge < -0.3 is 14.4 Å². The molecule has 1 aromatic carbocycles. The molecule has 2 aromatic rings. The molecule has 0 N–H and O–H groups in total. The summed E-state index contributed by atoms with van der Waals surface area (Å²) in [6.45, 7) is 6.55. The van der Waals surface area contributed by atoms with Gasteiger partial charge in [-0.15, -0.1) is 0 Å². The van der Waals surface area contributed by atoms with E-state index in [4.69, 9.17) is 9.47 Å². The first-order chi connectivity index (χ1) is 16.8. The fourth-order valence-electron chi connectivity index (χ4n) is 4.94. The molecule has 2 amide bonds. The lowest BCUT2D eigenvalue weighted by atomic mass is 9.97. The monoisotopic (exact) mass is 479 g/mol. The molecule has 2 fully saturated rings. The number of likely N-dealkylation sites (tertiary alicyclic amines) is 1. The molecule has 1 saturated heterocycles. The predicted octanol–water partition coefficient (Wildman–Crippen LogP) is 6.63. The highest BCUT2D eigenvalue weighted by Crippen LogP contribution is 2.33. The van der Waals surface area contributed by atoms with Gasteiger partial charge in [-0.3, -0.25) is 4.90 Å². The molecule has 7 heteroatoms. The summed E-state index contributed by atoms with van der Waals surface area (Å²) < 4.78 is 11.3. The summed E-state index contributed by atoms with van der Waals surface area (Å²) in [5.41, 5.74) is 1.35. The van der Waals surface area contributed by atoms with Crippen LogP contribution in [0.2, 0.25) is 0 Å². The van der Waals surface area contributed by atoms with Gasteiger partial charge >= 0.3 is 12.2 Å². The Kier molecular flexibility index (Phi) is 7.93.